The van der Waals surface area contributed by atoms with Gasteiger partial charge in [0.05, 0.1) is 5.69 Å². The number of thiazole rings is 1. The molecule has 0 radical (unpaired) electrons. The van der Waals surface area contributed by atoms with Gasteiger partial charge in [-0.1, -0.05) is 25.2 Å². The van der Waals surface area contributed by atoms with E-state index >= 15 is 0 Å². The number of amides is 1. The number of nitrogens with zero attached hydrogens (tertiary/aromatic N) is 4. The van der Waals surface area contributed by atoms with Crippen molar-refractivity contribution in [3.63, 3.8) is 0 Å². The first-order valence-electron chi connectivity index (χ1n) is 10.9. The van der Waals surface area contributed by atoms with E-state index in [1.807, 2.05) is 6.92 Å². The van der Waals surface area contributed by atoms with E-state index in [-0.39, 0.29) is 17.9 Å². The summed E-state index contributed by atoms with van der Waals surface area (Å²) in [6, 6.07) is 2.79. The normalized spacial score (nSPS) is 14.7. The Kier molecular flexibility index (Phi) is 6.59. The first kappa shape index (κ1) is 23.1. The molecule has 11 heteroatoms. The highest BCUT2D eigenvalue weighted by Crippen LogP contribution is 2.29. The minimum Gasteiger partial charge on any atom is -0.348 e. The molecule has 1 aromatic carbocycles. The number of hydrogen-bond acceptors (Lipinski definition) is 6. The van der Waals surface area contributed by atoms with E-state index in [2.05, 4.69) is 22.1 Å². The molecule has 0 bridgehead atoms. The van der Waals surface area contributed by atoms with E-state index in [4.69, 9.17) is 0 Å². The quantitative estimate of drug-likeness (QED) is 0.589. The zero-order valence-electron chi connectivity index (χ0n) is 18.4. The number of aromatic nitrogens is 3. The molecule has 2 aromatic heterocycles. The fraction of sp³-hybridized carbons (Fsp3) is 0.455. The van der Waals surface area contributed by atoms with Gasteiger partial charge in [-0.15, -0.1) is 0 Å². The van der Waals surface area contributed by atoms with Gasteiger partial charge in [0.25, 0.3) is 5.56 Å². The number of fused-ring (bicyclic) bond motifs is 1. The Morgan fingerprint density at radius 2 is 1.94 bits per heavy atom. The first-order chi connectivity index (χ1) is 15.8. The summed E-state index contributed by atoms with van der Waals surface area (Å²) in [7, 11) is 0. The lowest BCUT2D eigenvalue weighted by molar-refractivity contribution is -0.116. The fourth-order valence-electron chi connectivity index (χ4n) is 3.89. The zero-order chi connectivity index (χ0) is 23.7. The molecule has 0 unspecified atom stereocenters. The molecule has 0 atom stereocenters. The number of rotatable bonds is 6. The van der Waals surface area contributed by atoms with Crippen molar-refractivity contribution in [2.75, 3.05) is 23.3 Å². The van der Waals surface area contributed by atoms with Gasteiger partial charge >= 0.3 is 5.69 Å². The first-order valence-corrected chi connectivity index (χ1v) is 11.7. The van der Waals surface area contributed by atoms with Crippen LogP contribution in [0.2, 0.25) is 0 Å². The molecule has 3 heterocycles. The summed E-state index contributed by atoms with van der Waals surface area (Å²) < 4.78 is 29.7. The van der Waals surface area contributed by atoms with Crippen molar-refractivity contribution < 1.29 is 13.6 Å². The Morgan fingerprint density at radius 1 is 1.21 bits per heavy atom. The molecule has 1 saturated heterocycles. The van der Waals surface area contributed by atoms with Crippen molar-refractivity contribution in [3.8, 4) is 0 Å². The van der Waals surface area contributed by atoms with Crippen LogP contribution in [-0.4, -0.2) is 33.1 Å². The van der Waals surface area contributed by atoms with Crippen LogP contribution in [0.1, 0.15) is 33.1 Å². The number of hydrogen-bond donors (Lipinski definition) is 1. The molecule has 3 aromatic rings. The fourth-order valence-corrected chi connectivity index (χ4v) is 4.96. The third kappa shape index (κ3) is 4.68. The second-order valence-corrected chi connectivity index (χ2v) is 9.29. The summed E-state index contributed by atoms with van der Waals surface area (Å²) >= 11 is 1.22. The van der Waals surface area contributed by atoms with Crippen LogP contribution in [0, 0.1) is 17.6 Å². The average molecular weight is 478 g/mol. The van der Waals surface area contributed by atoms with Crippen molar-refractivity contribution in [1.82, 2.24) is 14.1 Å². The second-order valence-electron chi connectivity index (χ2n) is 8.32. The van der Waals surface area contributed by atoms with Crippen LogP contribution in [-0.2, 0) is 17.9 Å². The summed E-state index contributed by atoms with van der Waals surface area (Å²) in [5, 5.41) is 3.00. The predicted molar refractivity (Wildman–Crippen MR) is 124 cm³/mol. The van der Waals surface area contributed by atoms with Gasteiger partial charge < -0.3 is 10.2 Å². The largest absolute Gasteiger partial charge is 0.348 e. The molecule has 33 heavy (non-hydrogen) atoms. The SMILES string of the molecule is CCCn1c(=O)c2sc(N3CCC(C)CC3)nc2n(CC(=O)Nc2ccc(F)cc2F)c1=O. The van der Waals surface area contributed by atoms with Crippen molar-refractivity contribution in [1.29, 1.82) is 0 Å². The van der Waals surface area contributed by atoms with Crippen LogP contribution in [0.3, 0.4) is 0 Å². The molecule has 4 rings (SSSR count). The minimum atomic E-state index is -0.924. The predicted octanol–water partition coefficient (Wildman–Crippen LogP) is 3.18. The number of piperidine rings is 1. The van der Waals surface area contributed by atoms with Crippen LogP contribution >= 0.6 is 11.3 Å². The monoisotopic (exact) mass is 477 g/mol. The lowest BCUT2D eigenvalue weighted by atomic mass is 10.00. The number of carbonyl (C=O) groups excluding carboxylic acids is 1. The summed E-state index contributed by atoms with van der Waals surface area (Å²) in [5.74, 6) is -1.76. The summed E-state index contributed by atoms with van der Waals surface area (Å²) in [4.78, 5) is 45.4. The maximum absolute atomic E-state index is 14.0. The van der Waals surface area contributed by atoms with Crippen LogP contribution in [0.15, 0.2) is 27.8 Å². The highest BCUT2D eigenvalue weighted by atomic mass is 32.1. The maximum Gasteiger partial charge on any atom is 0.333 e. The van der Waals surface area contributed by atoms with Crippen LogP contribution in [0.4, 0.5) is 19.6 Å². The van der Waals surface area contributed by atoms with Gasteiger partial charge in [0, 0.05) is 25.7 Å². The zero-order valence-corrected chi connectivity index (χ0v) is 19.3. The topological polar surface area (TPSA) is 89.2 Å². The van der Waals surface area contributed by atoms with Crippen LogP contribution < -0.4 is 21.5 Å². The molecule has 0 saturated carbocycles. The summed E-state index contributed by atoms with van der Waals surface area (Å²) in [6.07, 6.45) is 2.58. The maximum atomic E-state index is 14.0. The standard InChI is InChI=1S/C22H25F2N5O3S/c1-3-8-28-20(31)18-19(26-21(33-18)27-9-6-13(2)7-10-27)29(22(28)32)12-17(30)25-16-5-4-14(23)11-15(16)24/h4-5,11,13H,3,6-10,12H2,1-2H3,(H,25,30). The van der Waals surface area contributed by atoms with E-state index in [1.54, 1.807) is 0 Å². The highest BCUT2D eigenvalue weighted by Gasteiger charge is 2.24. The number of anilines is 2. The minimum absolute atomic E-state index is 0.144. The molecule has 0 aliphatic carbocycles. The van der Waals surface area contributed by atoms with Gasteiger partial charge in [-0.2, -0.15) is 0 Å². The van der Waals surface area contributed by atoms with Crippen molar-refractivity contribution in [3.05, 3.63) is 50.7 Å². The molecule has 0 spiro atoms. The average Bonchev–Trinajstić information content (AvgIpc) is 3.22. The van der Waals surface area contributed by atoms with E-state index in [1.165, 1.54) is 11.3 Å². The van der Waals surface area contributed by atoms with Gasteiger partial charge in [0.15, 0.2) is 10.8 Å². The highest BCUT2D eigenvalue weighted by molar-refractivity contribution is 7.22. The van der Waals surface area contributed by atoms with Crippen LogP contribution in [0.25, 0.3) is 10.3 Å². The Labute approximate surface area is 192 Å². The Bertz CT molecular complexity index is 1310. The lowest BCUT2D eigenvalue weighted by Crippen LogP contribution is -2.41. The smallest absolute Gasteiger partial charge is 0.333 e. The third-order valence-corrected chi connectivity index (χ3v) is 6.86. The van der Waals surface area contributed by atoms with Gasteiger partial charge in [0.2, 0.25) is 5.91 Å². The Morgan fingerprint density at radius 3 is 2.61 bits per heavy atom. The third-order valence-electron chi connectivity index (χ3n) is 5.76. The van der Waals surface area contributed by atoms with Crippen LogP contribution in [0.5, 0.6) is 0 Å². The van der Waals surface area contributed by atoms with Crippen molar-refractivity contribution >= 4 is 38.4 Å². The van der Waals surface area contributed by atoms with Crippen molar-refractivity contribution in [2.24, 2.45) is 5.92 Å². The van der Waals surface area contributed by atoms with E-state index in [0.29, 0.717) is 28.2 Å². The van der Waals surface area contributed by atoms with E-state index in [0.717, 1.165) is 47.2 Å². The van der Waals surface area contributed by atoms with Crippen molar-refractivity contribution in [2.45, 2.75) is 46.2 Å². The molecular formula is C22H25F2N5O3S. The second kappa shape index (κ2) is 9.42. The van der Waals surface area contributed by atoms with Gasteiger partial charge in [0.1, 0.15) is 22.9 Å². The van der Waals surface area contributed by atoms with Gasteiger partial charge in [-0.25, -0.2) is 18.6 Å². The van der Waals surface area contributed by atoms with Gasteiger partial charge in [-0.05, 0) is 37.3 Å². The molecule has 1 N–H and O–H groups in total. The molecule has 1 fully saturated rings. The van der Waals surface area contributed by atoms with E-state index in [9.17, 15) is 23.2 Å². The molecule has 1 amide bonds. The molecule has 176 valence electrons. The lowest BCUT2D eigenvalue weighted by Gasteiger charge is -2.29. The van der Waals surface area contributed by atoms with Gasteiger partial charge in [-0.3, -0.25) is 18.7 Å². The van der Waals surface area contributed by atoms with E-state index < -0.39 is 35.3 Å². The summed E-state index contributed by atoms with van der Waals surface area (Å²) in [5.41, 5.74) is -1.12. The molecule has 8 nitrogen and oxygen atoms in total. The number of halogens is 2. The Balaban J connectivity index is 1.73. The number of carbonyl (C=O) groups is 1. The molecule has 1 aliphatic rings. The summed E-state index contributed by atoms with van der Waals surface area (Å²) in [6.45, 7) is 5.39. The molecular weight excluding hydrogens is 452 g/mol. The number of benzene rings is 1. The molecule has 1 aliphatic heterocycles. The number of nitrogens with one attached hydrogen (secondary N) is 1. The Hall–Kier alpha value is -3.08.